The van der Waals surface area contributed by atoms with E-state index in [-0.39, 0.29) is 17.5 Å². The van der Waals surface area contributed by atoms with Crippen LogP contribution in [0.2, 0.25) is 0 Å². The van der Waals surface area contributed by atoms with Crippen molar-refractivity contribution in [2.45, 2.75) is 18.9 Å². The molecule has 1 fully saturated rings. The average molecular weight is 211 g/mol. The van der Waals surface area contributed by atoms with Crippen LogP contribution in [0.3, 0.4) is 0 Å². The second kappa shape index (κ2) is 4.06. The zero-order valence-corrected chi connectivity index (χ0v) is 8.59. The van der Waals surface area contributed by atoms with Gasteiger partial charge in [0.25, 0.3) is 0 Å². The van der Waals surface area contributed by atoms with Gasteiger partial charge in [0.2, 0.25) is 0 Å². The summed E-state index contributed by atoms with van der Waals surface area (Å²) in [4.78, 5) is 0. The molecule has 1 aromatic rings. The molecule has 2 rings (SSSR count). The predicted octanol–water partition coefficient (Wildman–Crippen LogP) is 1.96. The monoisotopic (exact) mass is 211 g/mol. The Morgan fingerprint density at radius 3 is 2.87 bits per heavy atom. The number of halogens is 1. The van der Waals surface area contributed by atoms with E-state index in [2.05, 4.69) is 5.32 Å². The molecule has 1 unspecified atom stereocenters. The fourth-order valence-electron chi connectivity index (χ4n) is 1.97. The molecule has 1 aliphatic rings. The van der Waals surface area contributed by atoms with Crippen molar-refractivity contribution in [1.29, 1.82) is 0 Å². The lowest BCUT2D eigenvalue weighted by atomic mass is 10.0. The summed E-state index contributed by atoms with van der Waals surface area (Å²) in [5.41, 5.74) is 0.781. The van der Waals surface area contributed by atoms with Crippen LogP contribution in [0.4, 0.5) is 4.39 Å². The van der Waals surface area contributed by atoms with Gasteiger partial charge >= 0.3 is 0 Å². The summed E-state index contributed by atoms with van der Waals surface area (Å²) in [6, 6.07) is 3.13. The largest absolute Gasteiger partial charge is 0.504 e. The van der Waals surface area contributed by atoms with Gasteiger partial charge < -0.3 is 15.2 Å². The van der Waals surface area contributed by atoms with E-state index in [4.69, 9.17) is 4.74 Å². The van der Waals surface area contributed by atoms with Crippen molar-refractivity contribution < 1.29 is 14.2 Å². The zero-order chi connectivity index (χ0) is 10.8. The van der Waals surface area contributed by atoms with Gasteiger partial charge in [-0.1, -0.05) is 0 Å². The van der Waals surface area contributed by atoms with Gasteiger partial charge in [-0.05, 0) is 37.1 Å². The first kappa shape index (κ1) is 10.2. The summed E-state index contributed by atoms with van der Waals surface area (Å²) in [7, 11) is 1.34. The second-order valence-corrected chi connectivity index (χ2v) is 3.70. The molecule has 1 aromatic carbocycles. The number of aromatic hydroxyl groups is 1. The molecule has 1 aliphatic heterocycles. The SMILES string of the molecule is COc1c(O)cc(C2CCCN2)cc1F. The first-order valence-corrected chi connectivity index (χ1v) is 5.02. The quantitative estimate of drug-likeness (QED) is 0.785. The summed E-state index contributed by atoms with van der Waals surface area (Å²) >= 11 is 0. The second-order valence-electron chi connectivity index (χ2n) is 3.70. The molecule has 0 saturated carbocycles. The molecule has 0 aromatic heterocycles. The number of phenols is 1. The number of nitrogens with one attached hydrogen (secondary N) is 1. The molecule has 82 valence electrons. The number of hydrogen-bond donors (Lipinski definition) is 2. The van der Waals surface area contributed by atoms with Crippen molar-refractivity contribution in [3.05, 3.63) is 23.5 Å². The van der Waals surface area contributed by atoms with E-state index in [1.807, 2.05) is 0 Å². The van der Waals surface area contributed by atoms with Crippen LogP contribution in [0.1, 0.15) is 24.4 Å². The summed E-state index contributed by atoms with van der Waals surface area (Å²) in [6.45, 7) is 0.944. The molecule has 4 heteroatoms. The third-order valence-corrected chi connectivity index (χ3v) is 2.71. The number of hydrogen-bond acceptors (Lipinski definition) is 3. The van der Waals surface area contributed by atoms with E-state index in [0.29, 0.717) is 0 Å². The molecule has 0 amide bonds. The van der Waals surface area contributed by atoms with Gasteiger partial charge in [-0.25, -0.2) is 4.39 Å². The number of phenolic OH excluding ortho intramolecular Hbond substituents is 1. The lowest BCUT2D eigenvalue weighted by molar-refractivity contribution is 0.350. The number of rotatable bonds is 2. The fraction of sp³-hybridized carbons (Fsp3) is 0.455. The van der Waals surface area contributed by atoms with Gasteiger partial charge in [-0.3, -0.25) is 0 Å². The number of methoxy groups -OCH3 is 1. The highest BCUT2D eigenvalue weighted by molar-refractivity contribution is 5.44. The highest BCUT2D eigenvalue weighted by Gasteiger charge is 2.19. The summed E-state index contributed by atoms with van der Waals surface area (Å²) in [5.74, 6) is -0.737. The molecule has 2 N–H and O–H groups in total. The Hall–Kier alpha value is -1.29. The minimum absolute atomic E-state index is 0.0863. The van der Waals surface area contributed by atoms with E-state index >= 15 is 0 Å². The van der Waals surface area contributed by atoms with Crippen LogP contribution in [0, 0.1) is 5.82 Å². The topological polar surface area (TPSA) is 41.5 Å². The van der Waals surface area contributed by atoms with Crippen LogP contribution in [0.15, 0.2) is 12.1 Å². The Morgan fingerprint density at radius 2 is 2.33 bits per heavy atom. The summed E-state index contributed by atoms with van der Waals surface area (Å²) < 4.78 is 18.2. The third-order valence-electron chi connectivity index (χ3n) is 2.71. The third kappa shape index (κ3) is 1.90. The van der Waals surface area contributed by atoms with Crippen molar-refractivity contribution in [3.63, 3.8) is 0 Å². The molecule has 15 heavy (non-hydrogen) atoms. The van der Waals surface area contributed by atoms with Crippen molar-refractivity contribution in [2.75, 3.05) is 13.7 Å². The summed E-state index contributed by atoms with van der Waals surface area (Å²) in [5, 5.41) is 12.8. The molecule has 1 atom stereocenters. The molecular weight excluding hydrogens is 197 g/mol. The fourth-order valence-corrected chi connectivity index (χ4v) is 1.97. The Labute approximate surface area is 87.9 Å². The van der Waals surface area contributed by atoms with Gasteiger partial charge in [0, 0.05) is 6.04 Å². The van der Waals surface area contributed by atoms with Gasteiger partial charge in [0.1, 0.15) is 0 Å². The predicted molar refractivity (Wildman–Crippen MR) is 54.6 cm³/mol. The van der Waals surface area contributed by atoms with Gasteiger partial charge in [-0.15, -0.1) is 0 Å². The summed E-state index contributed by atoms with van der Waals surface area (Å²) in [6.07, 6.45) is 2.06. The van der Waals surface area contributed by atoms with E-state index in [1.165, 1.54) is 13.2 Å². The maximum Gasteiger partial charge on any atom is 0.196 e. The zero-order valence-electron chi connectivity index (χ0n) is 8.59. The Bertz CT molecular complexity index is 339. The Kier molecular flexibility index (Phi) is 2.77. The van der Waals surface area contributed by atoms with E-state index in [9.17, 15) is 9.50 Å². The van der Waals surface area contributed by atoms with E-state index in [1.54, 1.807) is 6.07 Å². The lowest BCUT2D eigenvalue weighted by Crippen LogP contribution is -2.13. The van der Waals surface area contributed by atoms with Crippen molar-refractivity contribution in [2.24, 2.45) is 0 Å². The molecule has 3 nitrogen and oxygen atoms in total. The Morgan fingerprint density at radius 1 is 1.53 bits per heavy atom. The minimum Gasteiger partial charge on any atom is -0.504 e. The first-order valence-electron chi connectivity index (χ1n) is 5.02. The molecule has 0 spiro atoms. The molecule has 1 heterocycles. The van der Waals surface area contributed by atoms with Crippen molar-refractivity contribution >= 4 is 0 Å². The van der Waals surface area contributed by atoms with Crippen molar-refractivity contribution in [1.82, 2.24) is 5.32 Å². The van der Waals surface area contributed by atoms with E-state index in [0.717, 1.165) is 24.9 Å². The first-order chi connectivity index (χ1) is 7.22. The maximum absolute atomic E-state index is 13.5. The van der Waals surface area contributed by atoms with Crippen LogP contribution >= 0.6 is 0 Å². The van der Waals surface area contributed by atoms with Gasteiger partial charge in [0.15, 0.2) is 17.3 Å². The van der Waals surface area contributed by atoms with Gasteiger partial charge in [0.05, 0.1) is 7.11 Å². The van der Waals surface area contributed by atoms with Crippen LogP contribution < -0.4 is 10.1 Å². The highest BCUT2D eigenvalue weighted by Crippen LogP contribution is 2.34. The maximum atomic E-state index is 13.5. The van der Waals surface area contributed by atoms with Crippen LogP contribution in [-0.4, -0.2) is 18.8 Å². The Balaban J connectivity index is 2.33. The van der Waals surface area contributed by atoms with Crippen LogP contribution in [0.5, 0.6) is 11.5 Å². The lowest BCUT2D eigenvalue weighted by Gasteiger charge is -2.13. The van der Waals surface area contributed by atoms with E-state index < -0.39 is 5.82 Å². The normalized spacial score (nSPS) is 20.5. The molecule has 0 radical (unpaired) electrons. The molecular formula is C11H14FNO2. The van der Waals surface area contributed by atoms with Gasteiger partial charge in [-0.2, -0.15) is 0 Å². The smallest absolute Gasteiger partial charge is 0.196 e. The van der Waals surface area contributed by atoms with Crippen LogP contribution in [0.25, 0.3) is 0 Å². The standard InChI is InChI=1S/C11H14FNO2/c1-15-11-8(12)5-7(6-10(11)14)9-3-2-4-13-9/h5-6,9,13-14H,2-4H2,1H3. The number of ether oxygens (including phenoxy) is 1. The minimum atomic E-state index is -0.513. The molecule has 0 bridgehead atoms. The molecule has 0 aliphatic carbocycles. The van der Waals surface area contributed by atoms with Crippen LogP contribution in [-0.2, 0) is 0 Å². The number of benzene rings is 1. The molecule has 1 saturated heterocycles. The average Bonchev–Trinajstić information content (AvgIpc) is 2.69. The highest BCUT2D eigenvalue weighted by atomic mass is 19.1. The van der Waals surface area contributed by atoms with Crippen molar-refractivity contribution in [3.8, 4) is 11.5 Å².